The minimum Gasteiger partial charge on any atom is -0.456 e. The normalized spacial score (nSPS) is 21.6. The van der Waals surface area contributed by atoms with Crippen LogP contribution >= 0.6 is 46.6 Å². The summed E-state index contributed by atoms with van der Waals surface area (Å²) in [7, 11) is 1.49. The van der Waals surface area contributed by atoms with Crippen LogP contribution in [0.15, 0.2) is 46.6 Å². The molecule has 0 aromatic heterocycles. The number of carbonyl (C=O) groups excluding carboxylic acids is 2. The lowest BCUT2D eigenvalue weighted by Gasteiger charge is -2.48. The van der Waals surface area contributed by atoms with Gasteiger partial charge in [-0.1, -0.05) is 65.1 Å². The number of rotatable bonds is 8. The van der Waals surface area contributed by atoms with Gasteiger partial charge in [-0.2, -0.15) is 0 Å². The van der Waals surface area contributed by atoms with E-state index in [0.29, 0.717) is 11.3 Å². The van der Waals surface area contributed by atoms with Crippen molar-refractivity contribution in [3.05, 3.63) is 47.2 Å². The Hall–Kier alpha value is -1.29. The lowest BCUT2D eigenvalue weighted by atomic mass is 10.0. The fourth-order valence-electron chi connectivity index (χ4n) is 2.94. The highest BCUT2D eigenvalue weighted by atomic mass is 35.6. The first-order valence-corrected chi connectivity index (χ1v) is 11.1. The Balaban J connectivity index is 1.78. The fraction of sp³-hybridized carbons (Fsp3) is 0.421. The number of ether oxygens (including phenoxy) is 3. The summed E-state index contributed by atoms with van der Waals surface area (Å²) >= 11 is 18.5. The maximum absolute atomic E-state index is 12.8. The van der Waals surface area contributed by atoms with Crippen molar-refractivity contribution in [3.8, 4) is 0 Å². The van der Waals surface area contributed by atoms with Crippen molar-refractivity contribution in [2.24, 2.45) is 4.99 Å². The predicted molar refractivity (Wildman–Crippen MR) is 117 cm³/mol. The molecule has 0 spiro atoms. The van der Waals surface area contributed by atoms with Crippen LogP contribution in [0.1, 0.15) is 5.56 Å². The molecule has 2 atom stereocenters. The summed E-state index contributed by atoms with van der Waals surface area (Å²) in [4.78, 5) is 31.3. The SMILES string of the molecule is COCOCC1=C(C(=O)OCC(Cl)(Cl)Cl)N2C(=O)[C@H](/N=C/c3ccccc3)[C@H]2SC1. The van der Waals surface area contributed by atoms with E-state index in [0.717, 1.165) is 5.56 Å². The first-order chi connectivity index (χ1) is 14.3. The molecule has 11 heteroatoms. The van der Waals surface area contributed by atoms with Crippen LogP contribution in [-0.2, 0) is 23.8 Å². The molecule has 0 bridgehead atoms. The zero-order valence-corrected chi connectivity index (χ0v) is 19.0. The van der Waals surface area contributed by atoms with Crippen molar-refractivity contribution in [3.63, 3.8) is 0 Å². The van der Waals surface area contributed by atoms with Crippen LogP contribution in [0.2, 0.25) is 0 Å². The lowest BCUT2D eigenvalue weighted by Crippen LogP contribution is -2.64. The monoisotopic (exact) mass is 492 g/mol. The van der Waals surface area contributed by atoms with Crippen molar-refractivity contribution in [1.29, 1.82) is 0 Å². The lowest BCUT2D eigenvalue weighted by molar-refractivity contribution is -0.150. The summed E-state index contributed by atoms with van der Waals surface area (Å²) in [6.07, 6.45) is 1.65. The third kappa shape index (κ3) is 5.69. The van der Waals surface area contributed by atoms with E-state index >= 15 is 0 Å². The van der Waals surface area contributed by atoms with E-state index in [2.05, 4.69) is 4.99 Å². The van der Waals surface area contributed by atoms with Crippen molar-refractivity contribution >= 4 is 64.7 Å². The van der Waals surface area contributed by atoms with E-state index in [1.54, 1.807) is 6.21 Å². The van der Waals surface area contributed by atoms with E-state index in [1.807, 2.05) is 30.3 Å². The second kappa shape index (κ2) is 10.3. The number of benzene rings is 1. The Morgan fingerprint density at radius 3 is 2.73 bits per heavy atom. The quantitative estimate of drug-likeness (QED) is 0.138. The van der Waals surface area contributed by atoms with Crippen LogP contribution in [0.5, 0.6) is 0 Å². The van der Waals surface area contributed by atoms with Crippen molar-refractivity contribution in [2.75, 3.05) is 32.9 Å². The van der Waals surface area contributed by atoms with Gasteiger partial charge in [0.25, 0.3) is 5.91 Å². The van der Waals surface area contributed by atoms with Crippen molar-refractivity contribution in [1.82, 2.24) is 4.90 Å². The molecule has 0 unspecified atom stereocenters. The Morgan fingerprint density at radius 1 is 1.33 bits per heavy atom. The van der Waals surface area contributed by atoms with Crippen LogP contribution in [0.3, 0.4) is 0 Å². The van der Waals surface area contributed by atoms with Gasteiger partial charge < -0.3 is 14.2 Å². The highest BCUT2D eigenvalue weighted by Crippen LogP contribution is 2.42. The molecule has 1 aromatic carbocycles. The molecule has 162 valence electrons. The standard InChI is InChI=1S/C19H19Cl3N2O5S/c1-27-11-28-8-13-9-30-17-14(23-7-12-5-3-2-4-6-12)16(25)24(17)15(13)18(26)29-10-19(20,21)22/h2-7,14,17H,8-11H2,1H3/b23-7+/t14-,17+/m0/s1. The first-order valence-electron chi connectivity index (χ1n) is 8.87. The summed E-state index contributed by atoms with van der Waals surface area (Å²) < 4.78 is 13.6. The van der Waals surface area contributed by atoms with Crippen LogP contribution in [0.4, 0.5) is 0 Å². The number of nitrogens with zero attached hydrogens (tertiary/aromatic N) is 2. The Morgan fingerprint density at radius 2 is 2.07 bits per heavy atom. The van der Waals surface area contributed by atoms with Gasteiger partial charge in [0.05, 0.1) is 6.61 Å². The minimum atomic E-state index is -1.76. The number of esters is 1. The molecule has 3 rings (SSSR count). The molecule has 0 aliphatic carbocycles. The van der Waals surface area contributed by atoms with E-state index in [-0.39, 0.29) is 30.4 Å². The Kier molecular flexibility index (Phi) is 8.06. The average Bonchev–Trinajstić information content (AvgIpc) is 2.72. The average molecular weight is 494 g/mol. The van der Waals surface area contributed by atoms with Crippen LogP contribution < -0.4 is 0 Å². The van der Waals surface area contributed by atoms with Gasteiger partial charge in [0, 0.05) is 19.1 Å². The van der Waals surface area contributed by atoms with Gasteiger partial charge in [-0.15, -0.1) is 11.8 Å². The van der Waals surface area contributed by atoms with Gasteiger partial charge in [-0.25, -0.2) is 4.79 Å². The molecule has 1 saturated heterocycles. The number of hydrogen-bond donors (Lipinski definition) is 0. The molecule has 1 amide bonds. The molecular formula is C19H19Cl3N2O5S. The van der Waals surface area contributed by atoms with Gasteiger partial charge in [0.15, 0.2) is 6.04 Å². The van der Waals surface area contributed by atoms with Crippen LogP contribution in [-0.4, -0.2) is 71.1 Å². The van der Waals surface area contributed by atoms with E-state index in [1.165, 1.54) is 23.8 Å². The minimum absolute atomic E-state index is 0.0476. The second-order valence-corrected chi connectivity index (χ2v) is 10.1. The third-order valence-electron chi connectivity index (χ3n) is 4.24. The first kappa shape index (κ1) is 23.4. The molecule has 1 aromatic rings. The maximum atomic E-state index is 12.8. The number of carbonyl (C=O) groups is 2. The number of amides is 1. The molecule has 0 N–H and O–H groups in total. The van der Waals surface area contributed by atoms with E-state index < -0.39 is 22.4 Å². The number of thioether (sulfide) groups is 1. The molecule has 2 aliphatic heterocycles. The number of aliphatic imine (C=N–C) groups is 1. The number of β-lactam (4-membered cyclic amide) rings is 1. The molecule has 1 fully saturated rings. The molecule has 30 heavy (non-hydrogen) atoms. The molecule has 0 saturated carbocycles. The smallest absolute Gasteiger partial charge is 0.355 e. The number of fused-ring (bicyclic) bond motifs is 1. The summed E-state index contributed by atoms with van der Waals surface area (Å²) in [6.45, 7) is -0.291. The number of hydrogen-bond acceptors (Lipinski definition) is 7. The zero-order chi connectivity index (χ0) is 21.7. The van der Waals surface area contributed by atoms with Crippen LogP contribution in [0.25, 0.3) is 0 Å². The Bertz CT molecular complexity index is 844. The summed E-state index contributed by atoms with van der Waals surface area (Å²) in [5.74, 6) is -0.584. The third-order valence-corrected chi connectivity index (χ3v) is 5.89. The fourth-order valence-corrected chi connectivity index (χ4v) is 4.42. The van der Waals surface area contributed by atoms with Gasteiger partial charge in [0.2, 0.25) is 3.79 Å². The number of alkyl halides is 3. The topological polar surface area (TPSA) is 77.4 Å². The Labute approximate surface area is 193 Å². The van der Waals surface area contributed by atoms with Crippen molar-refractivity contribution in [2.45, 2.75) is 15.2 Å². The second-order valence-electron chi connectivity index (χ2n) is 6.44. The maximum Gasteiger partial charge on any atom is 0.355 e. The van der Waals surface area contributed by atoms with Gasteiger partial charge >= 0.3 is 5.97 Å². The van der Waals surface area contributed by atoms with Crippen LogP contribution in [0, 0.1) is 0 Å². The highest BCUT2D eigenvalue weighted by molar-refractivity contribution is 8.00. The molecule has 0 radical (unpaired) electrons. The van der Waals surface area contributed by atoms with E-state index in [9.17, 15) is 9.59 Å². The number of methoxy groups -OCH3 is 1. The summed E-state index contributed by atoms with van der Waals surface area (Å²) in [5, 5.41) is -0.320. The molecule has 2 aliphatic rings. The van der Waals surface area contributed by atoms with Gasteiger partial charge in [-0.3, -0.25) is 14.7 Å². The summed E-state index contributed by atoms with van der Waals surface area (Å²) in [6, 6.07) is 8.87. The van der Waals surface area contributed by atoms with E-state index in [4.69, 9.17) is 49.0 Å². The number of halogens is 3. The van der Waals surface area contributed by atoms with Crippen molar-refractivity contribution < 1.29 is 23.8 Å². The predicted octanol–water partition coefficient (Wildman–Crippen LogP) is 3.18. The van der Waals surface area contributed by atoms with Gasteiger partial charge in [-0.05, 0) is 11.1 Å². The summed E-state index contributed by atoms with van der Waals surface area (Å²) in [5.41, 5.74) is 1.60. The molecule has 2 heterocycles. The zero-order valence-electron chi connectivity index (χ0n) is 15.9. The largest absolute Gasteiger partial charge is 0.456 e. The molecule has 7 nitrogen and oxygen atoms in total. The van der Waals surface area contributed by atoms with Gasteiger partial charge in [0.1, 0.15) is 24.5 Å². The highest BCUT2D eigenvalue weighted by Gasteiger charge is 2.54. The molecular weight excluding hydrogens is 475 g/mol.